The van der Waals surface area contributed by atoms with Gasteiger partial charge in [0.15, 0.2) is 12.6 Å². The van der Waals surface area contributed by atoms with Crippen molar-refractivity contribution >= 4 is 5.91 Å². The van der Waals surface area contributed by atoms with E-state index in [1.54, 1.807) is 6.08 Å². The zero-order chi connectivity index (χ0) is 46.1. The van der Waals surface area contributed by atoms with Crippen LogP contribution in [-0.4, -0.2) is 140 Å². The molecule has 63 heavy (non-hydrogen) atoms. The molecular weight excluding hydrogens is 811 g/mol. The number of ether oxygens (including phenoxy) is 4. The van der Waals surface area contributed by atoms with Gasteiger partial charge in [0.1, 0.15) is 48.8 Å². The van der Waals surface area contributed by atoms with Gasteiger partial charge in [0.25, 0.3) is 0 Å². The van der Waals surface area contributed by atoms with Gasteiger partial charge >= 0.3 is 0 Å². The molecule has 0 saturated carbocycles. The monoisotopic (exact) mass is 894 g/mol. The fourth-order valence-electron chi connectivity index (χ4n) is 7.24. The third kappa shape index (κ3) is 23.4. The molecule has 14 nitrogen and oxygen atoms in total. The molecule has 2 rings (SSSR count). The summed E-state index contributed by atoms with van der Waals surface area (Å²) in [7, 11) is 0. The zero-order valence-electron chi connectivity index (χ0n) is 38.0. The third-order valence-electron chi connectivity index (χ3n) is 11.1. The molecule has 0 bridgehead atoms. The second-order valence-electron chi connectivity index (χ2n) is 16.5. The highest BCUT2D eigenvalue weighted by atomic mass is 16.7. The number of allylic oxidation sites excluding steroid dienone is 11. The van der Waals surface area contributed by atoms with Gasteiger partial charge in [0.2, 0.25) is 5.91 Å². The first-order valence-electron chi connectivity index (χ1n) is 23.7. The van der Waals surface area contributed by atoms with Crippen LogP contribution in [0.5, 0.6) is 0 Å². The minimum Gasteiger partial charge on any atom is -0.394 e. The summed E-state index contributed by atoms with van der Waals surface area (Å²) in [4.78, 5) is 13.1. The number of carbonyl (C=O) groups is 1. The molecule has 0 aromatic carbocycles. The summed E-state index contributed by atoms with van der Waals surface area (Å²) in [5.41, 5.74) is 0. The molecule has 0 spiro atoms. The maximum Gasteiger partial charge on any atom is 0.220 e. The van der Waals surface area contributed by atoms with Crippen LogP contribution in [0.1, 0.15) is 136 Å². The lowest BCUT2D eigenvalue weighted by Crippen LogP contribution is -2.65. The van der Waals surface area contributed by atoms with Crippen LogP contribution in [0.2, 0.25) is 0 Å². The summed E-state index contributed by atoms with van der Waals surface area (Å²) in [6.45, 7) is 2.58. The maximum atomic E-state index is 13.1. The van der Waals surface area contributed by atoms with Gasteiger partial charge in [-0.15, -0.1) is 0 Å². The SMILES string of the molecule is CC/C=C\C/C=C\C/C=C\C/C=C\CCCCCCC(=O)NC(COC1OC(CO)C(OC2OC(CO)C(O)C(O)C2O)C(O)C1O)C(O)/C=C/CC/C=C/CCCCCCCC. The smallest absolute Gasteiger partial charge is 0.220 e. The van der Waals surface area contributed by atoms with E-state index in [0.717, 1.165) is 64.2 Å². The van der Waals surface area contributed by atoms with Crippen LogP contribution in [0.3, 0.4) is 0 Å². The Morgan fingerprint density at radius 1 is 0.587 bits per heavy atom. The van der Waals surface area contributed by atoms with E-state index in [-0.39, 0.29) is 18.9 Å². The van der Waals surface area contributed by atoms with Crippen LogP contribution in [0.4, 0.5) is 0 Å². The van der Waals surface area contributed by atoms with Gasteiger partial charge in [-0.05, 0) is 70.6 Å². The Bertz CT molecular complexity index is 1330. The van der Waals surface area contributed by atoms with Crippen LogP contribution in [-0.2, 0) is 23.7 Å². The van der Waals surface area contributed by atoms with Crippen LogP contribution < -0.4 is 5.32 Å². The summed E-state index contributed by atoms with van der Waals surface area (Å²) in [5, 5.41) is 86.5. The summed E-state index contributed by atoms with van der Waals surface area (Å²) >= 11 is 0. The molecule has 0 aromatic rings. The summed E-state index contributed by atoms with van der Waals surface area (Å²) in [5.74, 6) is -0.279. The molecule has 362 valence electrons. The molecule has 2 aliphatic rings. The lowest BCUT2D eigenvalue weighted by atomic mass is 9.97. The lowest BCUT2D eigenvalue weighted by Gasteiger charge is -2.46. The van der Waals surface area contributed by atoms with Crippen molar-refractivity contribution in [3.63, 3.8) is 0 Å². The van der Waals surface area contributed by atoms with Crippen LogP contribution in [0.25, 0.3) is 0 Å². The van der Waals surface area contributed by atoms with Crippen molar-refractivity contribution in [1.29, 1.82) is 0 Å². The normalized spacial score (nSPS) is 28.2. The Morgan fingerprint density at radius 2 is 1.11 bits per heavy atom. The van der Waals surface area contributed by atoms with Crippen molar-refractivity contribution in [1.82, 2.24) is 5.32 Å². The number of carbonyl (C=O) groups excluding carboxylic acids is 1. The fourth-order valence-corrected chi connectivity index (χ4v) is 7.24. The predicted molar refractivity (Wildman–Crippen MR) is 244 cm³/mol. The van der Waals surface area contributed by atoms with E-state index < -0.39 is 86.8 Å². The number of unbranched alkanes of at least 4 members (excludes halogenated alkanes) is 11. The first kappa shape index (κ1) is 56.6. The number of hydrogen-bond acceptors (Lipinski definition) is 13. The Labute approximate surface area is 377 Å². The summed E-state index contributed by atoms with van der Waals surface area (Å²) in [6.07, 6.45) is 26.6. The van der Waals surface area contributed by atoms with Crippen LogP contribution in [0, 0.1) is 0 Å². The highest BCUT2D eigenvalue weighted by Gasteiger charge is 2.50. The Kier molecular flexibility index (Phi) is 32.0. The molecule has 9 N–H and O–H groups in total. The third-order valence-corrected chi connectivity index (χ3v) is 11.1. The highest BCUT2D eigenvalue weighted by molar-refractivity contribution is 5.76. The van der Waals surface area contributed by atoms with Crippen molar-refractivity contribution in [2.75, 3.05) is 19.8 Å². The van der Waals surface area contributed by atoms with Gasteiger partial charge in [-0.3, -0.25) is 4.79 Å². The molecule has 1 amide bonds. The Balaban J connectivity index is 1.90. The van der Waals surface area contributed by atoms with Crippen LogP contribution >= 0.6 is 0 Å². The molecule has 2 saturated heterocycles. The Hall–Kier alpha value is -2.57. The quantitative estimate of drug-likeness (QED) is 0.0297. The van der Waals surface area contributed by atoms with Gasteiger partial charge < -0.3 is 65.1 Å². The molecule has 12 atom stereocenters. The minimum absolute atomic E-state index is 0.241. The minimum atomic E-state index is -1.79. The first-order valence-corrected chi connectivity index (χ1v) is 23.7. The van der Waals surface area contributed by atoms with E-state index in [9.17, 15) is 45.6 Å². The first-order chi connectivity index (χ1) is 30.6. The van der Waals surface area contributed by atoms with Gasteiger partial charge in [-0.2, -0.15) is 0 Å². The summed E-state index contributed by atoms with van der Waals surface area (Å²) in [6, 6.07) is -0.946. The molecule has 2 heterocycles. The maximum absolute atomic E-state index is 13.1. The van der Waals surface area contributed by atoms with Gasteiger partial charge in [0, 0.05) is 6.42 Å². The zero-order valence-corrected chi connectivity index (χ0v) is 38.0. The number of aliphatic hydroxyl groups is 8. The van der Waals surface area contributed by atoms with E-state index >= 15 is 0 Å². The van der Waals surface area contributed by atoms with E-state index in [2.05, 4.69) is 79.9 Å². The fraction of sp³-hybridized carbons (Fsp3) is 0.735. The molecule has 14 heteroatoms. The standard InChI is InChI=1S/C49H83NO13/c1-3-5-7-9-11-13-15-17-18-19-20-21-23-25-27-29-31-33-41(54)50-37(38(53)32-30-28-26-24-22-16-14-12-10-8-6-4-2)36-60-48-46(59)44(57)47(40(35-52)62-48)63-49-45(58)43(56)42(55)39(34-51)61-49/h5,7,11,13,17-18,20-22,24,30,32,37-40,42-49,51-53,55-59H,3-4,6,8-10,12,14-16,19,23,25-29,31,33-36H2,1-2H3,(H,50,54)/b7-5-,13-11-,18-17-,21-20-,24-22+,32-30+. The topological polar surface area (TPSA) is 228 Å². The number of hydrogen-bond donors (Lipinski definition) is 9. The van der Waals surface area contributed by atoms with Crippen molar-refractivity contribution in [2.45, 2.75) is 209 Å². The van der Waals surface area contributed by atoms with Gasteiger partial charge in [-0.1, -0.05) is 132 Å². The van der Waals surface area contributed by atoms with E-state index in [1.807, 2.05) is 6.08 Å². The molecule has 2 fully saturated rings. The van der Waals surface area contributed by atoms with E-state index in [1.165, 1.54) is 38.5 Å². The number of amides is 1. The molecule has 0 aliphatic carbocycles. The lowest BCUT2D eigenvalue weighted by molar-refractivity contribution is -0.359. The largest absolute Gasteiger partial charge is 0.394 e. The van der Waals surface area contributed by atoms with Crippen molar-refractivity contribution in [3.8, 4) is 0 Å². The summed E-state index contributed by atoms with van der Waals surface area (Å²) < 4.78 is 22.6. The molecule has 12 unspecified atom stereocenters. The van der Waals surface area contributed by atoms with Gasteiger partial charge in [0.05, 0.1) is 32.0 Å². The number of rotatable bonds is 34. The second kappa shape index (κ2) is 35.7. The molecule has 2 aliphatic heterocycles. The molecule has 0 aromatic heterocycles. The van der Waals surface area contributed by atoms with Crippen molar-refractivity contribution in [2.24, 2.45) is 0 Å². The predicted octanol–water partition coefficient (Wildman–Crippen LogP) is 5.26. The van der Waals surface area contributed by atoms with Crippen molar-refractivity contribution in [3.05, 3.63) is 72.9 Å². The van der Waals surface area contributed by atoms with E-state index in [0.29, 0.717) is 12.8 Å². The highest BCUT2D eigenvalue weighted by Crippen LogP contribution is 2.30. The second-order valence-corrected chi connectivity index (χ2v) is 16.5. The number of nitrogens with one attached hydrogen (secondary N) is 1. The Morgan fingerprint density at radius 3 is 1.75 bits per heavy atom. The van der Waals surface area contributed by atoms with Gasteiger partial charge in [-0.25, -0.2) is 0 Å². The van der Waals surface area contributed by atoms with Crippen LogP contribution in [0.15, 0.2) is 72.9 Å². The van der Waals surface area contributed by atoms with Crippen molar-refractivity contribution < 1.29 is 64.6 Å². The molecular formula is C49H83NO13. The average molecular weight is 894 g/mol. The average Bonchev–Trinajstić information content (AvgIpc) is 3.28. The number of aliphatic hydroxyl groups excluding tert-OH is 8. The molecule has 0 radical (unpaired) electrons. The van der Waals surface area contributed by atoms with E-state index in [4.69, 9.17) is 18.9 Å².